The van der Waals surface area contributed by atoms with Crippen LogP contribution in [-0.4, -0.2) is 16.9 Å². The van der Waals surface area contributed by atoms with E-state index in [9.17, 15) is 9.59 Å². The van der Waals surface area contributed by atoms with Gasteiger partial charge in [-0.2, -0.15) is 0 Å². The molecule has 0 aromatic heterocycles. The Kier molecular flexibility index (Phi) is 6.96. The minimum atomic E-state index is -0.509. The predicted molar refractivity (Wildman–Crippen MR) is 97.3 cm³/mol. The first-order chi connectivity index (χ1) is 10.5. The van der Waals surface area contributed by atoms with E-state index < -0.39 is 5.91 Å². The highest BCUT2D eigenvalue weighted by Gasteiger charge is 2.08. The Labute approximate surface area is 149 Å². The summed E-state index contributed by atoms with van der Waals surface area (Å²) in [7, 11) is 0. The van der Waals surface area contributed by atoms with Crippen molar-refractivity contribution in [2.75, 3.05) is 5.32 Å². The maximum absolute atomic E-state index is 12.0. The lowest BCUT2D eigenvalue weighted by molar-refractivity contribution is 0.0975. The van der Waals surface area contributed by atoms with Crippen molar-refractivity contribution in [3.05, 3.63) is 64.7 Å². The number of carbonyl (C=O) groups is 2. The number of anilines is 1. The number of benzene rings is 2. The van der Waals surface area contributed by atoms with Crippen LogP contribution >= 0.6 is 36.2 Å². The molecule has 23 heavy (non-hydrogen) atoms. The zero-order valence-corrected chi connectivity index (χ0v) is 14.1. The lowest BCUT2D eigenvalue weighted by Crippen LogP contribution is -2.34. The second-order valence-electron chi connectivity index (χ2n) is 4.36. The smallest absolute Gasteiger partial charge is 0.257 e. The number of carbonyl (C=O) groups excluding carboxylic acids is 2. The van der Waals surface area contributed by atoms with Crippen LogP contribution in [-0.2, 0) is 0 Å². The van der Waals surface area contributed by atoms with Crippen LogP contribution in [0, 0.1) is 0 Å². The lowest BCUT2D eigenvalue weighted by Gasteiger charge is -2.10. The van der Waals surface area contributed by atoms with Crippen LogP contribution in [0.25, 0.3) is 0 Å². The van der Waals surface area contributed by atoms with E-state index in [1.54, 1.807) is 48.5 Å². The first-order valence-corrected chi connectivity index (χ1v) is 7.02. The summed E-state index contributed by atoms with van der Waals surface area (Å²) >= 11 is 10.8. The summed E-state index contributed by atoms with van der Waals surface area (Å²) in [5.74, 6) is -0.854. The summed E-state index contributed by atoms with van der Waals surface area (Å²) in [6.07, 6.45) is 0. The van der Waals surface area contributed by atoms with E-state index in [0.29, 0.717) is 21.8 Å². The van der Waals surface area contributed by atoms with Crippen LogP contribution < -0.4 is 16.4 Å². The predicted octanol–water partition coefficient (Wildman–Crippen LogP) is 2.99. The molecule has 2 amide bonds. The summed E-state index contributed by atoms with van der Waals surface area (Å²) in [5.41, 5.74) is 6.62. The van der Waals surface area contributed by atoms with Crippen LogP contribution in [0.5, 0.6) is 0 Å². The fourth-order valence-corrected chi connectivity index (χ4v) is 1.99. The van der Waals surface area contributed by atoms with E-state index in [1.807, 2.05) is 0 Å². The third-order valence-corrected chi connectivity index (χ3v) is 3.22. The molecule has 120 valence electrons. The fourth-order valence-electron chi connectivity index (χ4n) is 1.66. The van der Waals surface area contributed by atoms with Gasteiger partial charge < -0.3 is 11.1 Å². The summed E-state index contributed by atoms with van der Waals surface area (Å²) in [6, 6.07) is 12.8. The molecule has 0 fully saturated rings. The fraction of sp³-hybridized carbons (Fsp3) is 0. The minimum absolute atomic E-state index is 0. The van der Waals surface area contributed by atoms with Gasteiger partial charge in [0.1, 0.15) is 0 Å². The molecule has 4 N–H and O–H groups in total. The SMILES string of the molecule is Cl.NC(=O)c1ccc(NC(=S)NC(=O)c2ccc(Cl)cc2)cc1. The van der Waals surface area contributed by atoms with Gasteiger partial charge in [-0.3, -0.25) is 14.9 Å². The number of rotatable bonds is 3. The molecule has 0 heterocycles. The molecule has 0 atom stereocenters. The van der Waals surface area contributed by atoms with Gasteiger partial charge in [0.2, 0.25) is 5.91 Å². The number of halogens is 2. The van der Waals surface area contributed by atoms with Gasteiger partial charge in [-0.1, -0.05) is 11.6 Å². The first-order valence-electron chi connectivity index (χ1n) is 6.23. The number of nitrogens with two attached hydrogens (primary N) is 1. The monoisotopic (exact) mass is 369 g/mol. The Balaban J connectivity index is 0.00000264. The average Bonchev–Trinajstić information content (AvgIpc) is 2.48. The molecule has 2 aromatic carbocycles. The van der Waals surface area contributed by atoms with E-state index in [-0.39, 0.29) is 23.4 Å². The van der Waals surface area contributed by atoms with Gasteiger partial charge in [-0.15, -0.1) is 12.4 Å². The number of hydrogen-bond acceptors (Lipinski definition) is 3. The number of hydrogen-bond donors (Lipinski definition) is 3. The first kappa shape index (κ1) is 18.9. The highest BCUT2D eigenvalue weighted by molar-refractivity contribution is 7.80. The average molecular weight is 370 g/mol. The van der Waals surface area contributed by atoms with E-state index >= 15 is 0 Å². The maximum atomic E-state index is 12.0. The number of thiocarbonyl (C=S) groups is 1. The van der Waals surface area contributed by atoms with Crippen LogP contribution in [0.15, 0.2) is 48.5 Å². The molecule has 0 aliphatic rings. The largest absolute Gasteiger partial charge is 0.366 e. The normalized spacial score (nSPS) is 9.43. The van der Waals surface area contributed by atoms with Crippen molar-refractivity contribution in [3.63, 3.8) is 0 Å². The van der Waals surface area contributed by atoms with E-state index in [2.05, 4.69) is 10.6 Å². The molecular weight excluding hydrogens is 357 g/mol. The molecule has 5 nitrogen and oxygen atoms in total. The Bertz CT molecular complexity index is 719. The van der Waals surface area contributed by atoms with Gasteiger partial charge in [0, 0.05) is 21.8 Å². The van der Waals surface area contributed by atoms with Gasteiger partial charge >= 0.3 is 0 Å². The Morgan fingerprint density at radius 3 is 2.00 bits per heavy atom. The van der Waals surface area contributed by atoms with Crippen molar-refractivity contribution in [3.8, 4) is 0 Å². The lowest BCUT2D eigenvalue weighted by atomic mass is 10.2. The molecular formula is C15H13Cl2N3O2S. The third-order valence-electron chi connectivity index (χ3n) is 2.76. The molecule has 8 heteroatoms. The summed E-state index contributed by atoms with van der Waals surface area (Å²) in [5, 5.41) is 6.08. The number of nitrogens with one attached hydrogen (secondary N) is 2. The van der Waals surface area contributed by atoms with Crippen molar-refractivity contribution in [1.29, 1.82) is 0 Å². The Hall–Kier alpha value is -2.15. The molecule has 0 saturated heterocycles. The zero-order valence-electron chi connectivity index (χ0n) is 11.7. The Morgan fingerprint density at radius 1 is 0.957 bits per heavy atom. The van der Waals surface area contributed by atoms with Gasteiger partial charge in [0.15, 0.2) is 5.11 Å². The third kappa shape index (κ3) is 5.52. The molecule has 0 unspecified atom stereocenters. The number of primary amides is 1. The van der Waals surface area contributed by atoms with Gasteiger partial charge in [-0.05, 0) is 60.7 Å². The van der Waals surface area contributed by atoms with Gasteiger partial charge in [-0.25, -0.2) is 0 Å². The standard InChI is InChI=1S/C15H12ClN3O2S.ClH/c16-11-5-1-10(2-6-11)14(21)19-15(22)18-12-7-3-9(4-8-12)13(17)20;/h1-8H,(H2,17,20)(H2,18,19,21,22);1H. The topological polar surface area (TPSA) is 84.2 Å². The van der Waals surface area contributed by atoms with Crippen molar-refractivity contribution in [1.82, 2.24) is 5.32 Å². The molecule has 0 radical (unpaired) electrons. The maximum Gasteiger partial charge on any atom is 0.257 e. The molecule has 0 aliphatic heterocycles. The van der Waals surface area contributed by atoms with Crippen LogP contribution in [0.2, 0.25) is 5.02 Å². The van der Waals surface area contributed by atoms with Crippen molar-refractivity contribution < 1.29 is 9.59 Å². The Morgan fingerprint density at radius 2 is 1.48 bits per heavy atom. The summed E-state index contributed by atoms with van der Waals surface area (Å²) in [6.45, 7) is 0. The van der Waals surface area contributed by atoms with Crippen molar-refractivity contribution in [2.45, 2.75) is 0 Å². The number of amides is 2. The molecule has 0 saturated carbocycles. The van der Waals surface area contributed by atoms with Crippen LogP contribution in [0.4, 0.5) is 5.69 Å². The van der Waals surface area contributed by atoms with Gasteiger partial charge in [0.05, 0.1) is 0 Å². The zero-order chi connectivity index (χ0) is 16.1. The van der Waals surface area contributed by atoms with Crippen LogP contribution in [0.1, 0.15) is 20.7 Å². The van der Waals surface area contributed by atoms with Crippen LogP contribution in [0.3, 0.4) is 0 Å². The molecule has 2 aromatic rings. The van der Waals surface area contributed by atoms with E-state index in [1.165, 1.54) is 0 Å². The molecule has 0 spiro atoms. The van der Waals surface area contributed by atoms with Crippen molar-refractivity contribution >= 4 is 58.8 Å². The second-order valence-corrected chi connectivity index (χ2v) is 5.20. The van der Waals surface area contributed by atoms with E-state index in [0.717, 1.165) is 0 Å². The second kappa shape index (κ2) is 8.47. The highest BCUT2D eigenvalue weighted by Crippen LogP contribution is 2.11. The molecule has 0 aliphatic carbocycles. The molecule has 2 rings (SSSR count). The summed E-state index contributed by atoms with van der Waals surface area (Å²) in [4.78, 5) is 22.9. The van der Waals surface area contributed by atoms with Crippen molar-refractivity contribution in [2.24, 2.45) is 5.73 Å². The van der Waals surface area contributed by atoms with E-state index in [4.69, 9.17) is 29.6 Å². The molecule has 0 bridgehead atoms. The minimum Gasteiger partial charge on any atom is -0.366 e. The summed E-state index contributed by atoms with van der Waals surface area (Å²) < 4.78 is 0. The van der Waals surface area contributed by atoms with Gasteiger partial charge in [0.25, 0.3) is 5.91 Å². The highest BCUT2D eigenvalue weighted by atomic mass is 35.5. The quantitative estimate of drug-likeness (QED) is 0.726.